The SMILES string of the molecule is CC(C)C(N)Cc1nc2c(F)cccc2n1C(C)C. The van der Waals surface area contributed by atoms with Gasteiger partial charge in [-0.2, -0.15) is 0 Å². The maximum absolute atomic E-state index is 13.8. The van der Waals surface area contributed by atoms with Gasteiger partial charge in [-0.15, -0.1) is 0 Å². The number of hydrogen-bond acceptors (Lipinski definition) is 2. The van der Waals surface area contributed by atoms with Gasteiger partial charge in [-0.25, -0.2) is 9.37 Å². The predicted molar refractivity (Wildman–Crippen MR) is 76.6 cm³/mol. The molecule has 2 aromatic rings. The number of imidazole rings is 1. The lowest BCUT2D eigenvalue weighted by Gasteiger charge is -2.18. The highest BCUT2D eigenvalue weighted by atomic mass is 19.1. The van der Waals surface area contributed by atoms with Crippen LogP contribution in [0.2, 0.25) is 0 Å². The molecule has 0 saturated heterocycles. The molecule has 1 aromatic heterocycles. The summed E-state index contributed by atoms with van der Waals surface area (Å²) in [6.45, 7) is 8.34. The lowest BCUT2D eigenvalue weighted by Crippen LogP contribution is -2.30. The molecule has 0 fully saturated rings. The molecular weight excluding hydrogens is 241 g/mol. The highest BCUT2D eigenvalue weighted by Crippen LogP contribution is 2.24. The summed E-state index contributed by atoms with van der Waals surface area (Å²) in [5.41, 5.74) is 7.42. The van der Waals surface area contributed by atoms with Crippen LogP contribution in [0.1, 0.15) is 39.6 Å². The van der Waals surface area contributed by atoms with Gasteiger partial charge in [-0.05, 0) is 31.9 Å². The van der Waals surface area contributed by atoms with Gasteiger partial charge >= 0.3 is 0 Å². The van der Waals surface area contributed by atoms with Gasteiger partial charge in [-0.3, -0.25) is 0 Å². The molecule has 0 bridgehead atoms. The number of para-hydroxylation sites is 1. The third-order valence-electron chi connectivity index (χ3n) is 3.53. The van der Waals surface area contributed by atoms with Crippen molar-refractivity contribution in [3.63, 3.8) is 0 Å². The Morgan fingerprint density at radius 1 is 1.26 bits per heavy atom. The first kappa shape index (κ1) is 14.0. The van der Waals surface area contributed by atoms with Crippen LogP contribution < -0.4 is 5.73 Å². The van der Waals surface area contributed by atoms with Crippen LogP contribution in [0.4, 0.5) is 4.39 Å². The molecule has 0 saturated carbocycles. The van der Waals surface area contributed by atoms with Gasteiger partial charge in [0, 0.05) is 18.5 Å². The van der Waals surface area contributed by atoms with Crippen molar-refractivity contribution in [3.8, 4) is 0 Å². The predicted octanol–water partition coefficient (Wildman–Crippen LogP) is 3.28. The second-order valence-electron chi connectivity index (χ2n) is 5.71. The zero-order valence-corrected chi connectivity index (χ0v) is 12.0. The molecule has 2 N–H and O–H groups in total. The Labute approximate surface area is 113 Å². The molecule has 3 nitrogen and oxygen atoms in total. The fourth-order valence-corrected chi connectivity index (χ4v) is 2.30. The standard InChI is InChI=1S/C15H22FN3/c1-9(2)12(17)8-14-18-15-11(16)6-5-7-13(15)19(14)10(3)4/h5-7,9-10,12H,8,17H2,1-4H3. The maximum Gasteiger partial charge on any atom is 0.151 e. The zero-order valence-electron chi connectivity index (χ0n) is 12.0. The number of benzene rings is 1. The first-order valence-electron chi connectivity index (χ1n) is 6.82. The molecule has 0 aliphatic carbocycles. The second kappa shape index (κ2) is 5.29. The second-order valence-corrected chi connectivity index (χ2v) is 5.71. The summed E-state index contributed by atoms with van der Waals surface area (Å²) >= 11 is 0. The largest absolute Gasteiger partial charge is 0.327 e. The summed E-state index contributed by atoms with van der Waals surface area (Å²) in [5, 5.41) is 0. The van der Waals surface area contributed by atoms with Gasteiger partial charge in [0.1, 0.15) is 11.3 Å². The van der Waals surface area contributed by atoms with Crippen LogP contribution in [0.25, 0.3) is 11.0 Å². The van der Waals surface area contributed by atoms with Gasteiger partial charge in [-0.1, -0.05) is 19.9 Å². The van der Waals surface area contributed by atoms with E-state index in [1.54, 1.807) is 6.07 Å². The van der Waals surface area contributed by atoms with Gasteiger partial charge < -0.3 is 10.3 Å². The Bertz CT molecular complexity index is 572. The van der Waals surface area contributed by atoms with Crippen molar-refractivity contribution in [2.24, 2.45) is 11.7 Å². The number of nitrogens with zero attached hydrogens (tertiary/aromatic N) is 2. The van der Waals surface area contributed by atoms with Crippen molar-refractivity contribution in [2.75, 3.05) is 0 Å². The normalized spacial score (nSPS) is 13.7. The Balaban J connectivity index is 2.54. The number of rotatable bonds is 4. The first-order chi connectivity index (χ1) is 8.91. The van der Waals surface area contributed by atoms with E-state index in [1.807, 2.05) is 6.07 Å². The minimum atomic E-state index is -0.267. The third kappa shape index (κ3) is 2.63. The topological polar surface area (TPSA) is 43.8 Å². The van der Waals surface area contributed by atoms with Crippen LogP contribution in [0.5, 0.6) is 0 Å². The fraction of sp³-hybridized carbons (Fsp3) is 0.533. The minimum absolute atomic E-state index is 0.0392. The van der Waals surface area contributed by atoms with Gasteiger partial charge in [0.25, 0.3) is 0 Å². The molecule has 1 aromatic carbocycles. The molecule has 104 valence electrons. The number of hydrogen-bond donors (Lipinski definition) is 1. The summed E-state index contributed by atoms with van der Waals surface area (Å²) in [4.78, 5) is 4.46. The van der Waals surface area contributed by atoms with E-state index in [9.17, 15) is 4.39 Å². The van der Waals surface area contributed by atoms with Gasteiger partial charge in [0.15, 0.2) is 5.82 Å². The van der Waals surface area contributed by atoms with Crippen LogP contribution in [0.3, 0.4) is 0 Å². The molecule has 1 atom stereocenters. The van der Waals surface area contributed by atoms with Gasteiger partial charge in [0.2, 0.25) is 0 Å². The third-order valence-corrected chi connectivity index (χ3v) is 3.53. The Morgan fingerprint density at radius 3 is 2.53 bits per heavy atom. The molecule has 1 unspecified atom stereocenters. The maximum atomic E-state index is 13.8. The molecule has 4 heteroatoms. The van der Waals surface area contributed by atoms with Crippen LogP contribution in [0.15, 0.2) is 18.2 Å². The van der Waals surface area contributed by atoms with Crippen molar-refractivity contribution < 1.29 is 4.39 Å². The Morgan fingerprint density at radius 2 is 1.95 bits per heavy atom. The summed E-state index contributed by atoms with van der Waals surface area (Å²) < 4.78 is 15.9. The molecular formula is C15H22FN3. The number of aromatic nitrogens is 2. The van der Waals surface area contributed by atoms with E-state index in [-0.39, 0.29) is 17.9 Å². The molecule has 0 radical (unpaired) electrons. The van der Waals surface area contributed by atoms with Crippen LogP contribution >= 0.6 is 0 Å². The quantitative estimate of drug-likeness (QED) is 0.920. The highest BCUT2D eigenvalue weighted by Gasteiger charge is 2.18. The number of halogens is 1. The van der Waals surface area contributed by atoms with E-state index in [0.717, 1.165) is 11.3 Å². The molecule has 1 heterocycles. The van der Waals surface area contributed by atoms with Crippen molar-refractivity contribution in [1.82, 2.24) is 9.55 Å². The average Bonchev–Trinajstić information content (AvgIpc) is 2.68. The fourth-order valence-electron chi connectivity index (χ4n) is 2.30. The van der Waals surface area contributed by atoms with E-state index in [2.05, 4.69) is 37.2 Å². The lowest BCUT2D eigenvalue weighted by atomic mass is 10.0. The lowest BCUT2D eigenvalue weighted by molar-refractivity contribution is 0.464. The summed E-state index contributed by atoms with van der Waals surface area (Å²) in [6.07, 6.45) is 0.671. The smallest absolute Gasteiger partial charge is 0.151 e. The van der Waals surface area contributed by atoms with Crippen LogP contribution in [-0.4, -0.2) is 15.6 Å². The summed E-state index contributed by atoms with van der Waals surface area (Å²) in [6, 6.07) is 5.37. The summed E-state index contributed by atoms with van der Waals surface area (Å²) in [5.74, 6) is 0.984. The van der Waals surface area contributed by atoms with E-state index in [1.165, 1.54) is 6.07 Å². The molecule has 0 amide bonds. The van der Waals surface area contributed by atoms with Crippen molar-refractivity contribution in [3.05, 3.63) is 29.8 Å². The average molecular weight is 263 g/mol. The van der Waals surface area contributed by atoms with Crippen molar-refractivity contribution in [1.29, 1.82) is 0 Å². The molecule has 2 rings (SSSR count). The molecule has 19 heavy (non-hydrogen) atoms. The first-order valence-corrected chi connectivity index (χ1v) is 6.82. The Kier molecular flexibility index (Phi) is 3.90. The Hall–Kier alpha value is -1.42. The van der Waals surface area contributed by atoms with E-state index < -0.39 is 0 Å². The van der Waals surface area contributed by atoms with Crippen molar-refractivity contribution >= 4 is 11.0 Å². The molecule has 0 aliphatic heterocycles. The van der Waals surface area contributed by atoms with Crippen LogP contribution in [0, 0.1) is 11.7 Å². The van der Waals surface area contributed by atoms with E-state index >= 15 is 0 Å². The van der Waals surface area contributed by atoms with E-state index in [0.29, 0.717) is 17.9 Å². The number of nitrogens with two attached hydrogens (primary N) is 1. The number of fused-ring (bicyclic) bond motifs is 1. The zero-order chi connectivity index (χ0) is 14.2. The molecule has 0 spiro atoms. The van der Waals surface area contributed by atoms with E-state index in [4.69, 9.17) is 5.73 Å². The minimum Gasteiger partial charge on any atom is -0.327 e. The van der Waals surface area contributed by atoms with Gasteiger partial charge in [0.05, 0.1) is 5.52 Å². The van der Waals surface area contributed by atoms with Crippen molar-refractivity contribution in [2.45, 2.75) is 46.2 Å². The highest BCUT2D eigenvalue weighted by molar-refractivity contribution is 5.76. The molecule has 0 aliphatic rings. The van der Waals surface area contributed by atoms with Crippen LogP contribution in [-0.2, 0) is 6.42 Å². The monoisotopic (exact) mass is 263 g/mol. The summed E-state index contributed by atoms with van der Waals surface area (Å²) in [7, 11) is 0.